The molecule has 1 aliphatic heterocycles. The molecule has 0 radical (unpaired) electrons. The summed E-state index contributed by atoms with van der Waals surface area (Å²) in [5.74, 6) is -0.374. The van der Waals surface area contributed by atoms with Gasteiger partial charge in [0.25, 0.3) is 5.91 Å². The lowest BCUT2D eigenvalue weighted by Crippen LogP contribution is -2.46. The number of carbonyl (C=O) groups is 2. The van der Waals surface area contributed by atoms with Crippen LogP contribution >= 0.6 is 0 Å². The third-order valence-corrected chi connectivity index (χ3v) is 4.19. The summed E-state index contributed by atoms with van der Waals surface area (Å²) in [6, 6.07) is 13.7. The number of amides is 2. The average Bonchev–Trinajstić information content (AvgIpc) is 3.02. The maximum absolute atomic E-state index is 13.2. The predicted octanol–water partition coefficient (Wildman–Crippen LogP) is 1.77. The molecule has 0 aromatic heterocycles. The molecule has 0 saturated heterocycles. The molecule has 1 heterocycles. The van der Waals surface area contributed by atoms with Crippen molar-refractivity contribution in [2.45, 2.75) is 12.5 Å². The van der Waals surface area contributed by atoms with Crippen molar-refractivity contribution in [3.63, 3.8) is 0 Å². The molecule has 6 heteroatoms. The lowest BCUT2D eigenvalue weighted by atomic mass is 10.1. The minimum absolute atomic E-state index is 0.304. The summed E-state index contributed by atoms with van der Waals surface area (Å²) in [6.07, 6.45) is 0.421. The minimum atomic E-state index is -0.697. The zero-order valence-electron chi connectivity index (χ0n) is 14.0. The smallest absolute Gasteiger partial charge is 0.262 e. The summed E-state index contributed by atoms with van der Waals surface area (Å²) in [6.45, 7) is 0.746. The standard InChI is InChI=1S/C19H20N2O4/c1-24-10-11-25-17-9-5-3-7-14(17)19(23)21-15-8-4-2-6-13(15)12-16(21)18(20)22/h2-9,16H,10-12H2,1H3,(H2,20,22)/t16-/m0/s1. The molecular weight excluding hydrogens is 320 g/mol. The molecule has 0 fully saturated rings. The Morgan fingerprint density at radius 2 is 1.84 bits per heavy atom. The van der Waals surface area contributed by atoms with E-state index in [0.29, 0.717) is 36.6 Å². The van der Waals surface area contributed by atoms with E-state index in [9.17, 15) is 9.59 Å². The van der Waals surface area contributed by atoms with Crippen molar-refractivity contribution >= 4 is 17.5 Å². The Labute approximate surface area is 146 Å². The van der Waals surface area contributed by atoms with Gasteiger partial charge in [-0.3, -0.25) is 14.5 Å². The van der Waals surface area contributed by atoms with E-state index >= 15 is 0 Å². The number of anilines is 1. The Morgan fingerprint density at radius 3 is 2.60 bits per heavy atom. The largest absolute Gasteiger partial charge is 0.490 e. The first-order valence-corrected chi connectivity index (χ1v) is 8.05. The Balaban J connectivity index is 1.95. The van der Waals surface area contributed by atoms with Crippen LogP contribution in [0.25, 0.3) is 0 Å². The van der Waals surface area contributed by atoms with Gasteiger partial charge in [-0.1, -0.05) is 30.3 Å². The average molecular weight is 340 g/mol. The first-order valence-electron chi connectivity index (χ1n) is 8.05. The van der Waals surface area contributed by atoms with Crippen molar-refractivity contribution in [3.8, 4) is 5.75 Å². The number of nitrogens with zero attached hydrogens (tertiary/aromatic N) is 1. The Morgan fingerprint density at radius 1 is 1.12 bits per heavy atom. The van der Waals surface area contributed by atoms with Gasteiger partial charge in [0.05, 0.1) is 12.2 Å². The fourth-order valence-corrected chi connectivity index (χ4v) is 3.00. The second-order valence-electron chi connectivity index (χ2n) is 5.76. The van der Waals surface area contributed by atoms with Gasteiger partial charge in [-0.05, 0) is 23.8 Å². The lowest BCUT2D eigenvalue weighted by Gasteiger charge is -2.24. The van der Waals surface area contributed by atoms with Crippen molar-refractivity contribution < 1.29 is 19.1 Å². The third-order valence-electron chi connectivity index (χ3n) is 4.19. The summed E-state index contributed by atoms with van der Waals surface area (Å²) in [7, 11) is 1.58. The number of carbonyl (C=O) groups excluding carboxylic acids is 2. The van der Waals surface area contributed by atoms with Gasteiger partial charge in [-0.2, -0.15) is 0 Å². The number of hydrogen-bond acceptors (Lipinski definition) is 4. The third kappa shape index (κ3) is 3.34. The number of nitrogens with two attached hydrogens (primary N) is 1. The van der Waals surface area contributed by atoms with Crippen LogP contribution in [0.1, 0.15) is 15.9 Å². The quantitative estimate of drug-likeness (QED) is 0.813. The van der Waals surface area contributed by atoms with Crippen LogP contribution in [0.3, 0.4) is 0 Å². The van der Waals surface area contributed by atoms with E-state index in [1.807, 2.05) is 24.3 Å². The van der Waals surface area contributed by atoms with Crippen LogP contribution in [0.15, 0.2) is 48.5 Å². The number of ether oxygens (including phenoxy) is 2. The van der Waals surface area contributed by atoms with Gasteiger partial charge >= 0.3 is 0 Å². The lowest BCUT2D eigenvalue weighted by molar-refractivity contribution is -0.119. The molecule has 1 atom stereocenters. The van der Waals surface area contributed by atoms with Gasteiger partial charge in [-0.15, -0.1) is 0 Å². The monoisotopic (exact) mass is 340 g/mol. The highest BCUT2D eigenvalue weighted by molar-refractivity contribution is 6.12. The number of primary amides is 1. The minimum Gasteiger partial charge on any atom is -0.490 e. The van der Waals surface area contributed by atoms with E-state index in [1.54, 1.807) is 31.4 Å². The van der Waals surface area contributed by atoms with Gasteiger partial charge in [-0.25, -0.2) is 0 Å². The maximum atomic E-state index is 13.2. The Kier molecular flexibility index (Phi) is 5.00. The van der Waals surface area contributed by atoms with E-state index in [2.05, 4.69) is 0 Å². The van der Waals surface area contributed by atoms with Crippen LogP contribution in [-0.4, -0.2) is 38.2 Å². The molecule has 6 nitrogen and oxygen atoms in total. The first-order chi connectivity index (χ1) is 12.1. The van der Waals surface area contributed by atoms with Crippen LogP contribution in [0, 0.1) is 0 Å². The Bertz CT molecular complexity index is 790. The van der Waals surface area contributed by atoms with E-state index in [4.69, 9.17) is 15.2 Å². The van der Waals surface area contributed by atoms with Crippen LogP contribution in [-0.2, 0) is 16.0 Å². The molecule has 1 aliphatic rings. The summed E-state index contributed by atoms with van der Waals surface area (Å²) in [4.78, 5) is 26.5. The molecule has 2 aromatic rings. The van der Waals surface area contributed by atoms with Crippen LogP contribution < -0.4 is 15.4 Å². The highest BCUT2D eigenvalue weighted by Crippen LogP contribution is 2.34. The highest BCUT2D eigenvalue weighted by atomic mass is 16.5. The van der Waals surface area contributed by atoms with Crippen molar-refractivity contribution in [2.75, 3.05) is 25.2 Å². The van der Waals surface area contributed by atoms with E-state index in [-0.39, 0.29) is 5.91 Å². The molecule has 130 valence electrons. The highest BCUT2D eigenvalue weighted by Gasteiger charge is 2.38. The van der Waals surface area contributed by atoms with Gasteiger partial charge < -0.3 is 15.2 Å². The second-order valence-corrected chi connectivity index (χ2v) is 5.76. The molecule has 2 amide bonds. The summed E-state index contributed by atoms with van der Waals surface area (Å²) >= 11 is 0. The van der Waals surface area contributed by atoms with E-state index in [1.165, 1.54) is 4.90 Å². The molecule has 0 spiro atoms. The number of para-hydroxylation sites is 2. The van der Waals surface area contributed by atoms with Crippen LogP contribution in [0.5, 0.6) is 5.75 Å². The van der Waals surface area contributed by atoms with Crippen molar-refractivity contribution in [3.05, 3.63) is 59.7 Å². The molecule has 2 N–H and O–H groups in total. The zero-order chi connectivity index (χ0) is 17.8. The summed E-state index contributed by atoms with van der Waals surface area (Å²) in [5, 5.41) is 0. The second kappa shape index (κ2) is 7.36. The fourth-order valence-electron chi connectivity index (χ4n) is 3.00. The number of hydrogen-bond donors (Lipinski definition) is 1. The van der Waals surface area contributed by atoms with E-state index in [0.717, 1.165) is 5.56 Å². The normalized spacial score (nSPS) is 15.7. The van der Waals surface area contributed by atoms with Crippen LogP contribution in [0.2, 0.25) is 0 Å². The van der Waals surface area contributed by atoms with Crippen molar-refractivity contribution in [1.29, 1.82) is 0 Å². The van der Waals surface area contributed by atoms with Gasteiger partial charge in [0.2, 0.25) is 5.91 Å². The fraction of sp³-hybridized carbons (Fsp3) is 0.263. The molecular formula is C19H20N2O4. The van der Waals surface area contributed by atoms with Gasteiger partial charge in [0.15, 0.2) is 0 Å². The summed E-state index contributed by atoms with van der Waals surface area (Å²) in [5.41, 5.74) is 7.57. The van der Waals surface area contributed by atoms with Crippen molar-refractivity contribution in [2.24, 2.45) is 5.73 Å². The first kappa shape index (κ1) is 17.0. The molecule has 3 rings (SSSR count). The molecule has 2 aromatic carbocycles. The number of rotatable bonds is 6. The predicted molar refractivity (Wildman–Crippen MR) is 93.8 cm³/mol. The summed E-state index contributed by atoms with van der Waals surface area (Å²) < 4.78 is 10.6. The van der Waals surface area contributed by atoms with Gasteiger partial charge in [0, 0.05) is 19.2 Å². The SMILES string of the molecule is COCCOc1ccccc1C(=O)N1c2ccccc2C[C@H]1C(N)=O. The molecule has 0 bridgehead atoms. The molecule has 0 saturated carbocycles. The molecule has 25 heavy (non-hydrogen) atoms. The molecule has 0 unspecified atom stereocenters. The van der Waals surface area contributed by atoms with E-state index < -0.39 is 11.9 Å². The Hall–Kier alpha value is -2.86. The number of methoxy groups -OCH3 is 1. The zero-order valence-corrected chi connectivity index (χ0v) is 14.0. The van der Waals surface area contributed by atoms with Gasteiger partial charge in [0.1, 0.15) is 18.4 Å². The topological polar surface area (TPSA) is 81.9 Å². The maximum Gasteiger partial charge on any atom is 0.262 e. The number of fused-ring (bicyclic) bond motifs is 1. The number of benzene rings is 2. The van der Waals surface area contributed by atoms with Crippen molar-refractivity contribution in [1.82, 2.24) is 0 Å². The molecule has 0 aliphatic carbocycles. The van der Waals surface area contributed by atoms with Crippen LogP contribution in [0.4, 0.5) is 5.69 Å².